The van der Waals surface area contributed by atoms with Gasteiger partial charge in [0.1, 0.15) is 0 Å². The number of fused-ring (bicyclic) bond motifs is 1. The maximum atomic E-state index is 11.6. The molecule has 0 saturated carbocycles. The van der Waals surface area contributed by atoms with E-state index in [0.29, 0.717) is 23.1 Å². The van der Waals surface area contributed by atoms with E-state index >= 15 is 0 Å². The van der Waals surface area contributed by atoms with Crippen LogP contribution in [0.4, 0.5) is 0 Å². The number of halogens is 2. The summed E-state index contributed by atoms with van der Waals surface area (Å²) in [4.78, 5) is 11.6. The van der Waals surface area contributed by atoms with Crippen LogP contribution in [0.25, 0.3) is 16.6 Å². The highest BCUT2D eigenvalue weighted by Crippen LogP contribution is 2.35. The molecule has 0 saturated heterocycles. The molecule has 4 nitrogen and oxygen atoms in total. The van der Waals surface area contributed by atoms with Crippen LogP contribution in [-0.2, 0) is 22.4 Å². The summed E-state index contributed by atoms with van der Waals surface area (Å²) >= 11 is 12.5. The maximum absolute atomic E-state index is 11.6. The molecule has 0 bridgehead atoms. The first-order chi connectivity index (χ1) is 14.0. The molecule has 1 aromatic carbocycles. The van der Waals surface area contributed by atoms with Gasteiger partial charge in [0.15, 0.2) is 0 Å². The number of carbonyl (C=O) groups is 1. The molecule has 2 aromatic heterocycles. The largest absolute Gasteiger partial charge is 0.466 e. The van der Waals surface area contributed by atoms with Crippen molar-refractivity contribution in [2.24, 2.45) is 0 Å². The van der Waals surface area contributed by atoms with Gasteiger partial charge in [0.25, 0.3) is 0 Å². The third-order valence-electron chi connectivity index (χ3n) is 5.11. The zero-order chi connectivity index (χ0) is 21.0. The van der Waals surface area contributed by atoms with Gasteiger partial charge >= 0.3 is 5.97 Å². The molecule has 0 aliphatic carbocycles. The molecular weight excluding hydrogens is 407 g/mol. The summed E-state index contributed by atoms with van der Waals surface area (Å²) in [6.07, 6.45) is 3.84. The lowest BCUT2D eigenvalue weighted by Gasteiger charge is -2.16. The van der Waals surface area contributed by atoms with Gasteiger partial charge < -0.3 is 4.74 Å². The van der Waals surface area contributed by atoms with Crippen LogP contribution in [0.2, 0.25) is 10.0 Å². The van der Waals surface area contributed by atoms with Gasteiger partial charge in [0.05, 0.1) is 27.9 Å². The van der Waals surface area contributed by atoms with Crippen molar-refractivity contribution in [1.29, 1.82) is 0 Å². The molecule has 3 aromatic rings. The van der Waals surface area contributed by atoms with Crippen LogP contribution in [0.1, 0.15) is 50.1 Å². The van der Waals surface area contributed by atoms with E-state index in [1.54, 1.807) is 0 Å². The molecule has 0 unspecified atom stereocenters. The van der Waals surface area contributed by atoms with Crippen molar-refractivity contribution in [2.75, 3.05) is 6.61 Å². The van der Waals surface area contributed by atoms with Crippen molar-refractivity contribution in [1.82, 2.24) is 9.61 Å². The summed E-state index contributed by atoms with van der Waals surface area (Å²) < 4.78 is 7.05. The van der Waals surface area contributed by atoms with Crippen LogP contribution in [0.3, 0.4) is 0 Å². The molecule has 29 heavy (non-hydrogen) atoms. The summed E-state index contributed by atoms with van der Waals surface area (Å²) in [5, 5.41) is 5.92. The van der Waals surface area contributed by atoms with Gasteiger partial charge in [-0.3, -0.25) is 4.79 Å². The molecule has 0 aliphatic heterocycles. The van der Waals surface area contributed by atoms with Crippen LogP contribution >= 0.6 is 23.2 Å². The highest BCUT2D eigenvalue weighted by Gasteiger charge is 2.17. The first-order valence-corrected chi connectivity index (χ1v) is 10.8. The van der Waals surface area contributed by atoms with Gasteiger partial charge in [-0.25, -0.2) is 4.52 Å². The number of nitrogens with zero attached hydrogens (tertiary/aromatic N) is 2. The van der Waals surface area contributed by atoms with Crippen LogP contribution in [-0.4, -0.2) is 22.2 Å². The molecule has 0 aliphatic rings. The third kappa shape index (κ3) is 4.76. The van der Waals surface area contributed by atoms with Gasteiger partial charge in [-0.05, 0) is 74.9 Å². The lowest BCUT2D eigenvalue weighted by molar-refractivity contribution is -0.143. The van der Waals surface area contributed by atoms with Gasteiger partial charge in [-0.2, -0.15) is 5.10 Å². The number of rotatable bonds is 8. The molecule has 0 atom stereocenters. The predicted octanol–water partition coefficient (Wildman–Crippen LogP) is 6.45. The molecular formula is C23H26Cl2N2O2. The molecule has 0 amide bonds. The fourth-order valence-corrected chi connectivity index (χ4v) is 3.97. The first kappa shape index (κ1) is 21.7. The van der Waals surface area contributed by atoms with E-state index in [9.17, 15) is 4.79 Å². The molecule has 2 heterocycles. The summed E-state index contributed by atoms with van der Waals surface area (Å²) in [5.74, 6) is -0.137. The normalized spacial score (nSPS) is 11.2. The highest BCUT2D eigenvalue weighted by atomic mass is 35.5. The summed E-state index contributed by atoms with van der Waals surface area (Å²) in [5.41, 5.74) is 6.55. The van der Waals surface area contributed by atoms with Gasteiger partial charge in [0, 0.05) is 17.7 Å². The average molecular weight is 433 g/mol. The lowest BCUT2D eigenvalue weighted by atomic mass is 9.94. The SMILES string of the molecule is CCOC(=O)CCCCc1c(C)nn2c(CC)ccc2c1-c1ccc(Cl)c(Cl)c1. The van der Waals surface area contributed by atoms with Crippen LogP contribution in [0.15, 0.2) is 30.3 Å². The Morgan fingerprint density at radius 2 is 1.90 bits per heavy atom. The van der Waals surface area contributed by atoms with E-state index in [4.69, 9.17) is 33.0 Å². The smallest absolute Gasteiger partial charge is 0.305 e. The maximum Gasteiger partial charge on any atom is 0.305 e. The number of aryl methyl sites for hydroxylation is 2. The second kappa shape index (κ2) is 9.64. The fraction of sp³-hybridized carbons (Fsp3) is 0.391. The van der Waals surface area contributed by atoms with Crippen LogP contribution < -0.4 is 0 Å². The predicted molar refractivity (Wildman–Crippen MR) is 119 cm³/mol. The van der Waals surface area contributed by atoms with Crippen molar-refractivity contribution >= 4 is 34.7 Å². The summed E-state index contributed by atoms with van der Waals surface area (Å²) in [7, 11) is 0. The Labute approximate surface area is 181 Å². The Bertz CT molecular complexity index is 1030. The zero-order valence-electron chi connectivity index (χ0n) is 17.1. The monoisotopic (exact) mass is 432 g/mol. The topological polar surface area (TPSA) is 43.6 Å². The Balaban J connectivity index is 2.00. The number of ether oxygens (including phenoxy) is 1. The number of carbonyl (C=O) groups excluding carboxylic acids is 1. The number of benzene rings is 1. The zero-order valence-corrected chi connectivity index (χ0v) is 18.6. The van der Waals surface area contributed by atoms with E-state index in [2.05, 4.69) is 19.1 Å². The number of unbranched alkanes of at least 4 members (excludes halogenated alkanes) is 1. The van der Waals surface area contributed by atoms with E-state index in [1.807, 2.05) is 36.6 Å². The van der Waals surface area contributed by atoms with Crippen LogP contribution in [0.5, 0.6) is 0 Å². The molecule has 3 rings (SSSR count). The summed E-state index contributed by atoms with van der Waals surface area (Å²) in [6.45, 7) is 6.42. The minimum Gasteiger partial charge on any atom is -0.466 e. The van der Waals surface area contributed by atoms with Crippen molar-refractivity contribution in [3.05, 3.63) is 57.3 Å². The molecule has 154 valence electrons. The van der Waals surface area contributed by atoms with Crippen molar-refractivity contribution in [3.8, 4) is 11.1 Å². The third-order valence-corrected chi connectivity index (χ3v) is 5.85. The van der Waals surface area contributed by atoms with Gasteiger partial charge in [-0.15, -0.1) is 0 Å². The van der Waals surface area contributed by atoms with Crippen molar-refractivity contribution < 1.29 is 9.53 Å². The quantitative estimate of drug-likeness (QED) is 0.303. The Morgan fingerprint density at radius 1 is 1.10 bits per heavy atom. The summed E-state index contributed by atoms with van der Waals surface area (Å²) in [6, 6.07) is 9.99. The fourth-order valence-electron chi connectivity index (χ4n) is 3.68. The minimum atomic E-state index is -0.137. The highest BCUT2D eigenvalue weighted by molar-refractivity contribution is 6.42. The number of hydrogen-bond donors (Lipinski definition) is 0. The molecule has 0 fully saturated rings. The lowest BCUT2D eigenvalue weighted by Crippen LogP contribution is -2.07. The van der Waals surface area contributed by atoms with E-state index < -0.39 is 0 Å². The van der Waals surface area contributed by atoms with E-state index in [0.717, 1.165) is 48.0 Å². The molecule has 0 spiro atoms. The number of hydrogen-bond acceptors (Lipinski definition) is 3. The molecule has 0 N–H and O–H groups in total. The van der Waals surface area contributed by atoms with Gasteiger partial charge in [0.2, 0.25) is 0 Å². The average Bonchev–Trinajstić information content (AvgIpc) is 3.10. The van der Waals surface area contributed by atoms with Crippen LogP contribution in [0, 0.1) is 6.92 Å². The minimum absolute atomic E-state index is 0.137. The Hall–Kier alpha value is -2.04. The second-order valence-corrected chi connectivity index (χ2v) is 7.87. The Morgan fingerprint density at radius 3 is 2.59 bits per heavy atom. The molecule has 0 radical (unpaired) electrons. The number of esters is 1. The van der Waals surface area contributed by atoms with Crippen molar-refractivity contribution in [2.45, 2.75) is 52.9 Å². The standard InChI is InChI=1S/C23H26Cl2N2O2/c1-4-17-11-13-21-23(16-10-12-19(24)20(25)14-16)18(15(3)26-27(17)21)8-6-7-9-22(28)29-5-2/h10-14H,4-9H2,1-3H3. The molecule has 6 heteroatoms. The second-order valence-electron chi connectivity index (χ2n) is 7.06. The van der Waals surface area contributed by atoms with E-state index in [1.165, 1.54) is 11.3 Å². The number of aromatic nitrogens is 2. The Kier molecular flexibility index (Phi) is 7.20. The van der Waals surface area contributed by atoms with E-state index in [-0.39, 0.29) is 5.97 Å². The van der Waals surface area contributed by atoms with Crippen molar-refractivity contribution in [3.63, 3.8) is 0 Å². The van der Waals surface area contributed by atoms with Gasteiger partial charge in [-0.1, -0.05) is 36.2 Å². The first-order valence-electron chi connectivity index (χ1n) is 10.1.